The zero-order chi connectivity index (χ0) is 20.8. The molecule has 1 unspecified atom stereocenters. The van der Waals surface area contributed by atoms with Crippen LogP contribution in [0.4, 0.5) is 4.79 Å². The highest BCUT2D eigenvalue weighted by Gasteiger charge is 2.26. The van der Waals surface area contributed by atoms with Gasteiger partial charge in [-0.3, -0.25) is 4.79 Å². The summed E-state index contributed by atoms with van der Waals surface area (Å²) in [4.78, 5) is 39.3. The van der Waals surface area contributed by atoms with E-state index in [4.69, 9.17) is 9.52 Å². The topological polar surface area (TPSA) is 103 Å². The number of hydrogen-bond acceptors (Lipinski definition) is 4. The molecule has 0 aliphatic carbocycles. The molecule has 0 radical (unpaired) electrons. The number of nitrogens with one attached hydrogen (secondary N) is 1. The number of nitrogens with zero attached hydrogens (tertiary/aromatic N) is 2. The van der Waals surface area contributed by atoms with Crippen LogP contribution in [0.1, 0.15) is 55.0 Å². The predicted molar refractivity (Wildman–Crippen MR) is 104 cm³/mol. The van der Waals surface area contributed by atoms with Crippen LogP contribution in [0.5, 0.6) is 0 Å². The highest BCUT2D eigenvalue weighted by atomic mass is 16.4. The molecule has 1 aliphatic heterocycles. The minimum Gasteiger partial charge on any atom is -0.478 e. The van der Waals surface area contributed by atoms with Gasteiger partial charge in [-0.05, 0) is 37.7 Å². The molecule has 0 aromatic carbocycles. The van der Waals surface area contributed by atoms with Gasteiger partial charge in [0.05, 0.1) is 6.54 Å². The highest BCUT2D eigenvalue weighted by molar-refractivity contribution is 5.88. The quantitative estimate of drug-likeness (QED) is 0.741. The molecule has 1 aromatic rings. The van der Waals surface area contributed by atoms with Crippen LogP contribution in [-0.2, 0) is 11.3 Å². The molecule has 0 bridgehead atoms. The largest absolute Gasteiger partial charge is 0.478 e. The molecular formula is C20H31N3O5. The molecule has 2 heterocycles. The maximum atomic E-state index is 12.6. The van der Waals surface area contributed by atoms with Crippen molar-refractivity contribution in [3.63, 3.8) is 0 Å². The number of aromatic carboxylic acids is 1. The van der Waals surface area contributed by atoms with Crippen LogP contribution in [-0.4, -0.2) is 59.5 Å². The molecule has 156 valence electrons. The molecule has 8 nitrogen and oxygen atoms in total. The molecule has 2 rings (SSSR count). The molecule has 8 heteroatoms. The van der Waals surface area contributed by atoms with E-state index in [1.165, 1.54) is 6.07 Å². The Kier molecular flexibility index (Phi) is 7.48. The van der Waals surface area contributed by atoms with Crippen molar-refractivity contribution in [2.75, 3.05) is 26.7 Å². The van der Waals surface area contributed by atoms with Gasteiger partial charge >= 0.3 is 12.0 Å². The fourth-order valence-electron chi connectivity index (χ4n) is 3.38. The monoisotopic (exact) mass is 393 g/mol. The van der Waals surface area contributed by atoms with Crippen molar-refractivity contribution in [1.82, 2.24) is 15.1 Å². The third-order valence-corrected chi connectivity index (χ3v) is 4.95. The van der Waals surface area contributed by atoms with Crippen molar-refractivity contribution < 1.29 is 23.9 Å². The van der Waals surface area contributed by atoms with E-state index in [1.54, 1.807) is 23.8 Å². The first kappa shape index (κ1) is 21.8. The van der Waals surface area contributed by atoms with Crippen molar-refractivity contribution in [2.24, 2.45) is 11.8 Å². The lowest BCUT2D eigenvalue weighted by molar-refractivity contribution is -0.132. The minimum absolute atomic E-state index is 0.0413. The number of carboxylic acid groups (broad SMARTS) is 1. The lowest BCUT2D eigenvalue weighted by Crippen LogP contribution is -2.47. The van der Waals surface area contributed by atoms with Crippen molar-refractivity contribution in [3.8, 4) is 0 Å². The number of hydrogen-bond donors (Lipinski definition) is 2. The molecule has 1 aromatic heterocycles. The first-order valence-corrected chi connectivity index (χ1v) is 9.76. The number of rotatable bonds is 7. The summed E-state index contributed by atoms with van der Waals surface area (Å²) in [6.45, 7) is 7.85. The molecule has 0 saturated carbocycles. The van der Waals surface area contributed by atoms with E-state index in [1.807, 2.05) is 13.8 Å². The average Bonchev–Trinajstić information content (AvgIpc) is 3.00. The molecule has 1 atom stereocenters. The smallest absolute Gasteiger partial charge is 0.339 e. The normalized spacial score (nSPS) is 16.9. The van der Waals surface area contributed by atoms with E-state index in [0.717, 1.165) is 12.8 Å². The average molecular weight is 393 g/mol. The van der Waals surface area contributed by atoms with Gasteiger partial charge in [0.25, 0.3) is 0 Å². The second-order valence-electron chi connectivity index (χ2n) is 7.98. The summed E-state index contributed by atoms with van der Waals surface area (Å²) < 4.78 is 5.45. The number of furan rings is 1. The Balaban J connectivity index is 1.86. The van der Waals surface area contributed by atoms with Gasteiger partial charge in [-0.15, -0.1) is 0 Å². The second-order valence-corrected chi connectivity index (χ2v) is 7.98. The molecule has 1 fully saturated rings. The van der Waals surface area contributed by atoms with Crippen LogP contribution in [0.15, 0.2) is 10.5 Å². The lowest BCUT2D eigenvalue weighted by atomic mass is 9.94. The van der Waals surface area contributed by atoms with Gasteiger partial charge in [-0.25, -0.2) is 9.59 Å². The number of urea groups is 1. The molecular weight excluding hydrogens is 362 g/mol. The van der Waals surface area contributed by atoms with Gasteiger partial charge in [0.2, 0.25) is 5.91 Å². The number of aryl methyl sites for hydroxylation is 1. The van der Waals surface area contributed by atoms with Crippen molar-refractivity contribution in [3.05, 3.63) is 23.2 Å². The SMILES string of the molecule is Cc1oc(CN(C)C(=O)CC2CCCN(C(=O)NCC(C)C)C2)cc1C(=O)O. The molecule has 1 aliphatic rings. The third-order valence-electron chi connectivity index (χ3n) is 4.95. The summed E-state index contributed by atoms with van der Waals surface area (Å²) in [6, 6.07) is 1.40. The van der Waals surface area contributed by atoms with Gasteiger partial charge < -0.3 is 24.6 Å². The minimum atomic E-state index is -1.04. The van der Waals surface area contributed by atoms with Crippen LogP contribution in [0.25, 0.3) is 0 Å². The lowest BCUT2D eigenvalue weighted by Gasteiger charge is -2.33. The maximum absolute atomic E-state index is 12.6. The Bertz CT molecular complexity index is 713. The van der Waals surface area contributed by atoms with Crippen LogP contribution < -0.4 is 5.32 Å². The standard InChI is InChI=1S/C20H31N3O5/c1-13(2)10-21-20(27)23-7-5-6-15(11-23)8-18(24)22(4)12-16-9-17(19(25)26)14(3)28-16/h9,13,15H,5-8,10-12H2,1-4H3,(H,21,27)(H,25,26). The van der Waals surface area contributed by atoms with E-state index in [9.17, 15) is 14.4 Å². The Morgan fingerprint density at radius 1 is 1.39 bits per heavy atom. The fourth-order valence-corrected chi connectivity index (χ4v) is 3.38. The van der Waals surface area contributed by atoms with Crippen molar-refractivity contribution in [2.45, 2.75) is 46.6 Å². The van der Waals surface area contributed by atoms with Gasteiger partial charge in [-0.2, -0.15) is 0 Å². The summed E-state index contributed by atoms with van der Waals surface area (Å²) in [7, 11) is 1.68. The number of piperidine rings is 1. The molecule has 0 spiro atoms. The number of likely N-dealkylation sites (tertiary alicyclic amines) is 1. The first-order valence-electron chi connectivity index (χ1n) is 9.76. The number of carboxylic acids is 1. The summed E-state index contributed by atoms with van der Waals surface area (Å²) in [5.41, 5.74) is 0.117. The fraction of sp³-hybridized carbons (Fsp3) is 0.650. The Labute approximate surface area is 165 Å². The van der Waals surface area contributed by atoms with Crippen molar-refractivity contribution in [1.29, 1.82) is 0 Å². The van der Waals surface area contributed by atoms with Gasteiger partial charge in [-0.1, -0.05) is 13.8 Å². The van der Waals surface area contributed by atoms with Crippen LogP contribution >= 0.6 is 0 Å². The van der Waals surface area contributed by atoms with Crippen LogP contribution in [0.2, 0.25) is 0 Å². The number of carbonyl (C=O) groups is 3. The Morgan fingerprint density at radius 2 is 2.11 bits per heavy atom. The van der Waals surface area contributed by atoms with E-state index in [0.29, 0.717) is 43.5 Å². The first-order chi connectivity index (χ1) is 13.2. The van der Waals surface area contributed by atoms with E-state index in [2.05, 4.69) is 5.32 Å². The second kappa shape index (κ2) is 9.61. The zero-order valence-electron chi connectivity index (χ0n) is 17.2. The Hall–Kier alpha value is -2.51. The third kappa shape index (κ3) is 6.00. The maximum Gasteiger partial charge on any atom is 0.339 e. The predicted octanol–water partition coefficient (Wildman–Crippen LogP) is 2.71. The zero-order valence-corrected chi connectivity index (χ0v) is 17.2. The Morgan fingerprint density at radius 3 is 2.71 bits per heavy atom. The number of amides is 3. The van der Waals surface area contributed by atoms with Gasteiger partial charge in [0, 0.05) is 33.1 Å². The van der Waals surface area contributed by atoms with Gasteiger partial charge in [0.1, 0.15) is 17.1 Å². The summed E-state index contributed by atoms with van der Waals surface area (Å²) in [5.74, 6) is 0.218. The van der Waals surface area contributed by atoms with E-state index in [-0.39, 0.29) is 30.0 Å². The van der Waals surface area contributed by atoms with Crippen LogP contribution in [0, 0.1) is 18.8 Å². The van der Waals surface area contributed by atoms with E-state index < -0.39 is 5.97 Å². The van der Waals surface area contributed by atoms with Crippen LogP contribution in [0.3, 0.4) is 0 Å². The molecule has 28 heavy (non-hydrogen) atoms. The molecule has 1 saturated heterocycles. The van der Waals surface area contributed by atoms with Gasteiger partial charge in [0.15, 0.2) is 0 Å². The van der Waals surface area contributed by atoms with Crippen molar-refractivity contribution >= 4 is 17.9 Å². The summed E-state index contributed by atoms with van der Waals surface area (Å²) in [6.07, 6.45) is 2.16. The molecule has 2 N–H and O–H groups in total. The highest BCUT2D eigenvalue weighted by Crippen LogP contribution is 2.22. The summed E-state index contributed by atoms with van der Waals surface area (Å²) in [5, 5.41) is 12.0. The number of carbonyl (C=O) groups excluding carboxylic acids is 2. The molecule has 3 amide bonds. The summed E-state index contributed by atoms with van der Waals surface area (Å²) >= 11 is 0. The van der Waals surface area contributed by atoms with E-state index >= 15 is 0 Å².